The number of nitrogen functional groups attached to an aromatic ring is 1. The first-order chi connectivity index (χ1) is 9.99. The topological polar surface area (TPSA) is 64.3 Å². The van der Waals surface area contributed by atoms with Crippen molar-refractivity contribution in [3.63, 3.8) is 0 Å². The molecular formula is C15H14ClIN2O2. The molecule has 2 aromatic carbocycles. The normalized spacial score (nSPS) is 10.2. The minimum Gasteiger partial charge on any atom is -0.494 e. The summed E-state index contributed by atoms with van der Waals surface area (Å²) < 4.78 is 6.38. The molecule has 0 unspecified atom stereocenters. The van der Waals surface area contributed by atoms with E-state index in [1.54, 1.807) is 30.3 Å². The van der Waals surface area contributed by atoms with Crippen LogP contribution in [0.3, 0.4) is 0 Å². The van der Waals surface area contributed by atoms with Gasteiger partial charge in [-0.25, -0.2) is 0 Å². The molecule has 0 aliphatic rings. The molecule has 0 aliphatic heterocycles. The molecule has 2 aromatic rings. The molecule has 0 aliphatic carbocycles. The fraction of sp³-hybridized carbons (Fsp3) is 0.133. The van der Waals surface area contributed by atoms with Gasteiger partial charge in [-0.2, -0.15) is 0 Å². The van der Waals surface area contributed by atoms with Crippen LogP contribution in [0.2, 0.25) is 5.02 Å². The van der Waals surface area contributed by atoms with Crippen LogP contribution < -0.4 is 15.8 Å². The van der Waals surface area contributed by atoms with Crippen molar-refractivity contribution < 1.29 is 9.53 Å². The molecule has 4 nitrogen and oxygen atoms in total. The zero-order chi connectivity index (χ0) is 15.4. The Hall–Kier alpha value is -1.47. The lowest BCUT2D eigenvalue weighted by atomic mass is 10.1. The lowest BCUT2D eigenvalue weighted by molar-refractivity contribution is 0.102. The van der Waals surface area contributed by atoms with Crippen molar-refractivity contribution in [1.82, 2.24) is 0 Å². The van der Waals surface area contributed by atoms with Gasteiger partial charge in [-0.3, -0.25) is 4.79 Å². The van der Waals surface area contributed by atoms with Gasteiger partial charge in [0, 0.05) is 20.9 Å². The van der Waals surface area contributed by atoms with Crippen LogP contribution in [0.4, 0.5) is 11.4 Å². The maximum Gasteiger partial charge on any atom is 0.255 e. The third kappa shape index (κ3) is 4.25. The molecular weight excluding hydrogens is 403 g/mol. The summed E-state index contributed by atoms with van der Waals surface area (Å²) >= 11 is 8.26. The van der Waals surface area contributed by atoms with Crippen LogP contribution in [0, 0.1) is 3.57 Å². The second-order valence-electron chi connectivity index (χ2n) is 4.30. The molecule has 0 saturated carbocycles. The van der Waals surface area contributed by atoms with Crippen LogP contribution >= 0.6 is 34.2 Å². The van der Waals surface area contributed by atoms with E-state index >= 15 is 0 Å². The Balaban J connectivity index is 2.23. The average molecular weight is 417 g/mol. The van der Waals surface area contributed by atoms with Gasteiger partial charge in [0.05, 0.1) is 17.3 Å². The molecule has 6 heteroatoms. The van der Waals surface area contributed by atoms with Gasteiger partial charge in [0.15, 0.2) is 0 Å². The second-order valence-corrected chi connectivity index (χ2v) is 5.95. The SMILES string of the molecule is CCOc1cc(N)cc(C(=O)Nc2ccc(I)cc2Cl)c1. The summed E-state index contributed by atoms with van der Waals surface area (Å²) in [4.78, 5) is 12.3. The Kier molecular flexibility index (Phi) is 5.30. The predicted octanol–water partition coefficient (Wildman–Crippen LogP) is 4.18. The monoisotopic (exact) mass is 416 g/mol. The third-order valence-corrected chi connectivity index (χ3v) is 3.67. The summed E-state index contributed by atoms with van der Waals surface area (Å²) in [5.74, 6) is 0.280. The van der Waals surface area contributed by atoms with Crippen LogP contribution in [0.5, 0.6) is 5.75 Å². The molecule has 110 valence electrons. The number of rotatable bonds is 4. The minimum absolute atomic E-state index is 0.286. The van der Waals surface area contributed by atoms with Crippen LogP contribution in [-0.4, -0.2) is 12.5 Å². The fourth-order valence-electron chi connectivity index (χ4n) is 1.79. The number of anilines is 2. The maximum atomic E-state index is 12.3. The number of amides is 1. The number of carbonyl (C=O) groups is 1. The number of nitrogens with two attached hydrogens (primary N) is 1. The molecule has 0 atom stereocenters. The highest BCUT2D eigenvalue weighted by atomic mass is 127. The molecule has 0 spiro atoms. The molecule has 0 saturated heterocycles. The number of benzene rings is 2. The fourth-order valence-corrected chi connectivity index (χ4v) is 2.69. The summed E-state index contributed by atoms with van der Waals surface area (Å²) in [5, 5.41) is 3.25. The van der Waals surface area contributed by atoms with Crippen LogP contribution in [0.1, 0.15) is 17.3 Å². The summed E-state index contributed by atoms with van der Waals surface area (Å²) in [6, 6.07) is 10.3. The zero-order valence-electron chi connectivity index (χ0n) is 11.3. The smallest absolute Gasteiger partial charge is 0.255 e. The van der Waals surface area contributed by atoms with Gasteiger partial charge in [0.1, 0.15) is 5.75 Å². The third-order valence-electron chi connectivity index (χ3n) is 2.68. The van der Waals surface area contributed by atoms with Crippen molar-refractivity contribution in [3.05, 3.63) is 50.6 Å². The first-order valence-electron chi connectivity index (χ1n) is 6.29. The largest absolute Gasteiger partial charge is 0.494 e. The molecule has 0 heterocycles. The highest BCUT2D eigenvalue weighted by molar-refractivity contribution is 14.1. The number of ether oxygens (including phenoxy) is 1. The zero-order valence-corrected chi connectivity index (χ0v) is 14.2. The summed E-state index contributed by atoms with van der Waals surface area (Å²) in [7, 11) is 0. The van der Waals surface area contributed by atoms with Gasteiger partial charge in [0.2, 0.25) is 0 Å². The molecule has 3 N–H and O–H groups in total. The van der Waals surface area contributed by atoms with Crippen molar-refractivity contribution in [3.8, 4) is 5.75 Å². The molecule has 0 radical (unpaired) electrons. The van der Waals surface area contributed by atoms with E-state index in [1.807, 2.05) is 13.0 Å². The number of hydrogen-bond donors (Lipinski definition) is 2. The van der Waals surface area contributed by atoms with E-state index in [4.69, 9.17) is 22.1 Å². The van der Waals surface area contributed by atoms with Crippen molar-refractivity contribution in [2.24, 2.45) is 0 Å². The summed E-state index contributed by atoms with van der Waals surface area (Å²) in [5.41, 5.74) is 7.24. The van der Waals surface area contributed by atoms with Crippen LogP contribution in [0.25, 0.3) is 0 Å². The quantitative estimate of drug-likeness (QED) is 0.580. The average Bonchev–Trinajstić information content (AvgIpc) is 2.41. The van der Waals surface area contributed by atoms with E-state index in [2.05, 4.69) is 27.9 Å². The number of nitrogens with one attached hydrogen (secondary N) is 1. The van der Waals surface area contributed by atoms with E-state index in [9.17, 15) is 4.79 Å². The Morgan fingerprint density at radius 3 is 2.76 bits per heavy atom. The van der Waals surface area contributed by atoms with Gasteiger partial charge in [0.25, 0.3) is 5.91 Å². The summed E-state index contributed by atoms with van der Waals surface area (Å²) in [6.07, 6.45) is 0. The maximum absolute atomic E-state index is 12.3. The van der Waals surface area contributed by atoms with E-state index in [1.165, 1.54) is 0 Å². The van der Waals surface area contributed by atoms with Crippen molar-refractivity contribution >= 4 is 51.5 Å². The molecule has 21 heavy (non-hydrogen) atoms. The Morgan fingerprint density at radius 2 is 2.10 bits per heavy atom. The lowest BCUT2D eigenvalue weighted by Crippen LogP contribution is -2.13. The van der Waals surface area contributed by atoms with Crippen molar-refractivity contribution in [1.29, 1.82) is 0 Å². The lowest BCUT2D eigenvalue weighted by Gasteiger charge is -2.10. The molecule has 0 aromatic heterocycles. The van der Waals surface area contributed by atoms with Crippen LogP contribution in [-0.2, 0) is 0 Å². The highest BCUT2D eigenvalue weighted by Crippen LogP contribution is 2.25. The number of hydrogen-bond acceptors (Lipinski definition) is 3. The van der Waals surface area contributed by atoms with Gasteiger partial charge in [-0.05, 0) is 59.8 Å². The molecule has 1 amide bonds. The van der Waals surface area contributed by atoms with E-state index < -0.39 is 0 Å². The molecule has 0 bridgehead atoms. The van der Waals surface area contributed by atoms with Gasteiger partial charge in [-0.15, -0.1) is 0 Å². The Morgan fingerprint density at radius 1 is 1.33 bits per heavy atom. The first-order valence-corrected chi connectivity index (χ1v) is 7.75. The highest BCUT2D eigenvalue weighted by Gasteiger charge is 2.11. The second kappa shape index (κ2) is 7.00. The Labute approximate surface area is 141 Å². The Bertz CT molecular complexity index is 677. The molecule has 2 rings (SSSR count). The van der Waals surface area contributed by atoms with E-state index in [0.717, 1.165) is 3.57 Å². The van der Waals surface area contributed by atoms with Gasteiger partial charge in [-0.1, -0.05) is 11.6 Å². The van der Waals surface area contributed by atoms with E-state index in [0.29, 0.717) is 34.3 Å². The minimum atomic E-state index is -0.286. The van der Waals surface area contributed by atoms with Gasteiger partial charge < -0.3 is 15.8 Å². The van der Waals surface area contributed by atoms with Crippen molar-refractivity contribution in [2.75, 3.05) is 17.7 Å². The van der Waals surface area contributed by atoms with Crippen LogP contribution in [0.15, 0.2) is 36.4 Å². The first kappa shape index (κ1) is 15.9. The molecule has 0 fully saturated rings. The standard InChI is InChI=1S/C15H14ClIN2O2/c1-2-21-12-6-9(5-11(18)8-12)15(20)19-14-4-3-10(17)7-13(14)16/h3-8H,2,18H2,1H3,(H,19,20). The predicted molar refractivity (Wildman–Crippen MR) is 94.1 cm³/mol. The van der Waals surface area contributed by atoms with E-state index in [-0.39, 0.29) is 5.91 Å². The number of halogens is 2. The van der Waals surface area contributed by atoms with Gasteiger partial charge >= 0.3 is 0 Å². The van der Waals surface area contributed by atoms with Crippen molar-refractivity contribution in [2.45, 2.75) is 6.92 Å². The summed E-state index contributed by atoms with van der Waals surface area (Å²) in [6.45, 7) is 2.38. The number of carbonyl (C=O) groups excluding carboxylic acids is 1.